The number of nitrogens with one attached hydrogen (secondary N) is 1. The third-order valence-electron chi connectivity index (χ3n) is 3.50. The van der Waals surface area contributed by atoms with Gasteiger partial charge in [0.25, 0.3) is 5.56 Å². The van der Waals surface area contributed by atoms with Crippen LogP contribution in [0.3, 0.4) is 0 Å². The van der Waals surface area contributed by atoms with Gasteiger partial charge in [-0.25, -0.2) is 9.59 Å². The molecular weight excluding hydrogens is 319 g/mol. The smallest absolute Gasteiger partial charge is 0.478 e. The molecule has 0 bridgehead atoms. The fourth-order valence-electron chi connectivity index (χ4n) is 2.39. The van der Waals surface area contributed by atoms with E-state index in [0.717, 1.165) is 0 Å². The zero-order chi connectivity index (χ0) is 18.2. The van der Waals surface area contributed by atoms with Crippen molar-refractivity contribution in [1.29, 1.82) is 0 Å². The van der Waals surface area contributed by atoms with Crippen molar-refractivity contribution in [2.45, 2.75) is 6.92 Å². The number of carboxylic acids is 2. The predicted octanol–water partition coefficient (Wildman–Crippen LogP) is -0.991. The number of aryl methyl sites for hydroxylation is 1. The molecule has 1 aromatic carbocycles. The van der Waals surface area contributed by atoms with Gasteiger partial charge in [0.1, 0.15) is 16.9 Å². The number of anilines is 1. The zero-order valence-corrected chi connectivity index (χ0v) is 12.4. The average Bonchev–Trinajstić information content (AvgIpc) is 2.45. The molecule has 0 unspecified atom stereocenters. The number of benzene rings is 1. The second-order valence-corrected chi connectivity index (χ2v) is 5.05. The molecule has 0 saturated heterocycles. The summed E-state index contributed by atoms with van der Waals surface area (Å²) >= 11 is 0. The molecule has 9 nitrogen and oxygen atoms in total. The summed E-state index contributed by atoms with van der Waals surface area (Å²) in [4.78, 5) is 37.0. The topological polar surface area (TPSA) is 174 Å². The van der Waals surface area contributed by atoms with Crippen LogP contribution in [0.4, 0.5) is 5.82 Å². The summed E-state index contributed by atoms with van der Waals surface area (Å²) in [5.41, 5.74) is 3.19. The molecule has 124 valence electrons. The van der Waals surface area contributed by atoms with Crippen LogP contribution in [0.1, 0.15) is 26.3 Å². The van der Waals surface area contributed by atoms with Gasteiger partial charge in [0, 0.05) is 5.56 Å². The molecule has 1 heterocycles. The minimum atomic E-state index is -1.86. The predicted molar refractivity (Wildman–Crippen MR) is 85.4 cm³/mol. The summed E-state index contributed by atoms with van der Waals surface area (Å²) in [6, 6.07) is 4.02. The minimum absolute atomic E-state index is 0.00197. The maximum absolute atomic E-state index is 12.0. The summed E-state index contributed by atoms with van der Waals surface area (Å²) in [7, 11) is -1.86. The number of pyridine rings is 1. The molecule has 10 heteroatoms. The van der Waals surface area contributed by atoms with E-state index in [-0.39, 0.29) is 11.0 Å². The number of H-pyrrole nitrogens is 1. The van der Waals surface area contributed by atoms with Gasteiger partial charge in [-0.15, -0.1) is 0 Å². The number of nitrogen functional groups attached to an aromatic ring is 1. The van der Waals surface area contributed by atoms with Crippen LogP contribution in [0.5, 0.6) is 0 Å². The normalized spacial score (nSPS) is 10.5. The molecule has 24 heavy (non-hydrogen) atoms. The lowest BCUT2D eigenvalue weighted by atomic mass is 9.77. The van der Waals surface area contributed by atoms with Crippen molar-refractivity contribution in [3.63, 3.8) is 0 Å². The fourth-order valence-corrected chi connectivity index (χ4v) is 2.39. The SMILES string of the molecule is Cc1ccc(B(O)O)cc1-c1c(C(=O)O)c(N)[nH]c(=O)c1C(=O)O. The molecule has 1 aromatic heterocycles. The Morgan fingerprint density at radius 2 is 1.71 bits per heavy atom. The number of aromatic carboxylic acids is 2. The number of hydrogen-bond acceptors (Lipinski definition) is 6. The highest BCUT2D eigenvalue weighted by molar-refractivity contribution is 6.58. The molecule has 0 atom stereocenters. The molecule has 0 aliphatic carbocycles. The second kappa shape index (κ2) is 6.18. The third-order valence-corrected chi connectivity index (χ3v) is 3.50. The van der Waals surface area contributed by atoms with Crippen molar-refractivity contribution < 1.29 is 29.9 Å². The lowest BCUT2D eigenvalue weighted by Crippen LogP contribution is -2.30. The maximum atomic E-state index is 12.0. The number of rotatable bonds is 4. The van der Waals surface area contributed by atoms with E-state index in [0.29, 0.717) is 5.56 Å². The van der Waals surface area contributed by atoms with E-state index in [1.54, 1.807) is 6.92 Å². The zero-order valence-electron chi connectivity index (χ0n) is 12.4. The fraction of sp³-hybridized carbons (Fsp3) is 0.0714. The second-order valence-electron chi connectivity index (χ2n) is 5.05. The van der Waals surface area contributed by atoms with Crippen LogP contribution in [0, 0.1) is 6.92 Å². The highest BCUT2D eigenvalue weighted by Crippen LogP contribution is 2.31. The largest absolute Gasteiger partial charge is 0.488 e. The Balaban J connectivity index is 3.02. The molecule has 2 rings (SSSR count). The van der Waals surface area contributed by atoms with Gasteiger partial charge in [-0.3, -0.25) is 4.79 Å². The minimum Gasteiger partial charge on any atom is -0.478 e. The molecule has 0 radical (unpaired) electrons. The van der Waals surface area contributed by atoms with Gasteiger partial charge < -0.3 is 31.0 Å². The van der Waals surface area contributed by atoms with Crippen LogP contribution in [0.25, 0.3) is 11.1 Å². The van der Waals surface area contributed by atoms with E-state index in [9.17, 15) is 34.6 Å². The number of aromatic amines is 1. The van der Waals surface area contributed by atoms with Crippen molar-refractivity contribution in [2.75, 3.05) is 5.73 Å². The standard InChI is InChI=1S/C14H13BN2O7/c1-5-2-3-6(15(23)24)4-7(5)8-9(13(19)20)11(16)17-12(18)10(8)14(21)22/h2-4,23-24H,1H3,(H,19,20)(H,21,22)(H3,16,17,18). The van der Waals surface area contributed by atoms with Gasteiger partial charge >= 0.3 is 19.1 Å². The van der Waals surface area contributed by atoms with E-state index >= 15 is 0 Å². The summed E-state index contributed by atoms with van der Waals surface area (Å²) < 4.78 is 0. The van der Waals surface area contributed by atoms with Gasteiger partial charge in [0.05, 0.1) is 0 Å². The Labute approximate surface area is 135 Å². The number of hydrogen-bond donors (Lipinski definition) is 6. The Kier molecular flexibility index (Phi) is 4.44. The molecular formula is C14H13BN2O7. The Hall–Kier alpha value is -3.11. The van der Waals surface area contributed by atoms with Crippen molar-refractivity contribution in [3.05, 3.63) is 45.2 Å². The Bertz CT molecular complexity index is 905. The van der Waals surface area contributed by atoms with E-state index in [2.05, 4.69) is 0 Å². The number of nitrogens with two attached hydrogens (primary N) is 1. The van der Waals surface area contributed by atoms with E-state index < -0.39 is 47.1 Å². The van der Waals surface area contributed by atoms with E-state index in [1.807, 2.05) is 4.98 Å². The number of carboxylic acid groups (broad SMARTS) is 2. The highest BCUT2D eigenvalue weighted by Gasteiger charge is 2.28. The summed E-state index contributed by atoms with van der Waals surface area (Å²) in [6.45, 7) is 1.55. The van der Waals surface area contributed by atoms with Gasteiger partial charge in [-0.1, -0.05) is 18.2 Å². The van der Waals surface area contributed by atoms with Crippen LogP contribution in [0.2, 0.25) is 0 Å². The van der Waals surface area contributed by atoms with Crippen LogP contribution in [-0.2, 0) is 0 Å². The van der Waals surface area contributed by atoms with Crippen LogP contribution < -0.4 is 16.8 Å². The van der Waals surface area contributed by atoms with Gasteiger partial charge in [0.2, 0.25) is 0 Å². The van der Waals surface area contributed by atoms with Gasteiger partial charge in [-0.2, -0.15) is 0 Å². The maximum Gasteiger partial charge on any atom is 0.488 e. The van der Waals surface area contributed by atoms with Crippen molar-refractivity contribution >= 4 is 30.3 Å². The molecule has 2 aromatic rings. The van der Waals surface area contributed by atoms with Crippen LogP contribution in [0.15, 0.2) is 23.0 Å². The first-order chi connectivity index (χ1) is 11.1. The van der Waals surface area contributed by atoms with Crippen molar-refractivity contribution in [3.8, 4) is 11.1 Å². The molecule has 0 spiro atoms. The van der Waals surface area contributed by atoms with E-state index in [4.69, 9.17) is 5.73 Å². The first-order valence-electron chi connectivity index (χ1n) is 6.64. The van der Waals surface area contributed by atoms with Gasteiger partial charge in [0.15, 0.2) is 0 Å². The monoisotopic (exact) mass is 332 g/mol. The van der Waals surface area contributed by atoms with Gasteiger partial charge in [-0.05, 0) is 23.5 Å². The lowest BCUT2D eigenvalue weighted by Gasteiger charge is -2.15. The molecule has 7 N–H and O–H groups in total. The third kappa shape index (κ3) is 2.87. The number of aromatic nitrogens is 1. The molecule has 0 saturated carbocycles. The quantitative estimate of drug-likeness (QED) is 0.387. The number of carbonyl (C=O) groups is 2. The van der Waals surface area contributed by atoms with Crippen LogP contribution >= 0.6 is 0 Å². The van der Waals surface area contributed by atoms with Crippen LogP contribution in [-0.4, -0.2) is 44.3 Å². The molecule has 0 aliphatic rings. The summed E-state index contributed by atoms with van der Waals surface area (Å²) in [5, 5.41) is 37.3. The lowest BCUT2D eigenvalue weighted by molar-refractivity contribution is 0.0695. The van der Waals surface area contributed by atoms with Crippen molar-refractivity contribution in [1.82, 2.24) is 4.98 Å². The molecule has 0 amide bonds. The first kappa shape index (κ1) is 17.3. The first-order valence-corrected chi connectivity index (χ1v) is 6.64. The molecule has 0 fully saturated rings. The summed E-state index contributed by atoms with van der Waals surface area (Å²) in [5.74, 6) is -3.67. The summed E-state index contributed by atoms with van der Waals surface area (Å²) in [6.07, 6.45) is 0. The molecule has 0 aliphatic heterocycles. The highest BCUT2D eigenvalue weighted by atomic mass is 16.4. The van der Waals surface area contributed by atoms with Crippen molar-refractivity contribution in [2.24, 2.45) is 0 Å². The van der Waals surface area contributed by atoms with E-state index in [1.165, 1.54) is 18.2 Å². The average molecular weight is 332 g/mol. The Morgan fingerprint density at radius 1 is 1.12 bits per heavy atom. The Morgan fingerprint density at radius 3 is 2.21 bits per heavy atom.